The fourth-order valence-corrected chi connectivity index (χ4v) is 1.82. The van der Waals surface area contributed by atoms with E-state index in [9.17, 15) is 9.18 Å². The summed E-state index contributed by atoms with van der Waals surface area (Å²) in [5.41, 5.74) is 0.296. The molecule has 0 fully saturated rings. The van der Waals surface area contributed by atoms with E-state index in [0.717, 1.165) is 6.42 Å². The highest BCUT2D eigenvalue weighted by Crippen LogP contribution is 2.24. The molecule has 0 heterocycles. The maximum absolute atomic E-state index is 13.4. The maximum atomic E-state index is 13.4. The van der Waals surface area contributed by atoms with Crippen molar-refractivity contribution in [3.05, 3.63) is 28.5 Å². The molecule has 0 bridgehead atoms. The van der Waals surface area contributed by atoms with Gasteiger partial charge in [-0.1, -0.05) is 6.07 Å². The molecule has 0 aliphatic rings. The molecule has 0 radical (unpaired) electrons. The topological polar surface area (TPSA) is 50.4 Å². The molecule has 1 rings (SSSR count). The van der Waals surface area contributed by atoms with Crippen molar-refractivity contribution in [2.45, 2.75) is 6.42 Å². The molecule has 0 aliphatic carbocycles. The Kier molecular flexibility index (Phi) is 6.67. The lowest BCUT2D eigenvalue weighted by molar-refractivity contribution is -0.119. The highest BCUT2D eigenvalue weighted by Gasteiger charge is 2.07. The zero-order valence-electron chi connectivity index (χ0n) is 10.1. The normalized spacial score (nSPS) is 10.2. The van der Waals surface area contributed by atoms with Gasteiger partial charge in [0.1, 0.15) is 5.82 Å². The second-order valence-electron chi connectivity index (χ2n) is 3.65. The summed E-state index contributed by atoms with van der Waals surface area (Å²) in [5, 5.41) is 5.46. The van der Waals surface area contributed by atoms with Crippen LogP contribution in [-0.2, 0) is 9.53 Å². The first-order valence-electron chi connectivity index (χ1n) is 5.58. The first kappa shape index (κ1) is 14.9. The van der Waals surface area contributed by atoms with Gasteiger partial charge in [0.25, 0.3) is 0 Å². The molecule has 18 heavy (non-hydrogen) atoms. The Hall–Kier alpha value is -1.14. The number of anilines is 1. The number of para-hydroxylation sites is 1. The summed E-state index contributed by atoms with van der Waals surface area (Å²) in [6, 6.07) is 4.64. The number of rotatable bonds is 7. The lowest BCUT2D eigenvalue weighted by Crippen LogP contribution is -2.31. The summed E-state index contributed by atoms with van der Waals surface area (Å²) in [6.45, 7) is 1.19. The van der Waals surface area contributed by atoms with Gasteiger partial charge in [-0.25, -0.2) is 4.39 Å². The number of methoxy groups -OCH3 is 1. The van der Waals surface area contributed by atoms with Crippen LogP contribution in [0, 0.1) is 5.82 Å². The SMILES string of the molecule is COCCCNC(=O)CNc1c(F)cccc1Br. The van der Waals surface area contributed by atoms with Crippen LogP contribution in [0.1, 0.15) is 6.42 Å². The summed E-state index contributed by atoms with van der Waals surface area (Å²) in [6.07, 6.45) is 0.756. The van der Waals surface area contributed by atoms with Crippen molar-refractivity contribution in [3.63, 3.8) is 0 Å². The summed E-state index contributed by atoms with van der Waals surface area (Å²) < 4.78 is 18.9. The zero-order chi connectivity index (χ0) is 13.4. The van der Waals surface area contributed by atoms with Gasteiger partial charge in [0.05, 0.1) is 12.2 Å². The van der Waals surface area contributed by atoms with Crippen LogP contribution in [0.2, 0.25) is 0 Å². The molecule has 1 amide bonds. The lowest BCUT2D eigenvalue weighted by atomic mass is 10.3. The van der Waals surface area contributed by atoms with Gasteiger partial charge in [0, 0.05) is 24.7 Å². The molecule has 0 unspecified atom stereocenters. The van der Waals surface area contributed by atoms with Crippen LogP contribution in [0.15, 0.2) is 22.7 Å². The van der Waals surface area contributed by atoms with Crippen molar-refractivity contribution in [2.24, 2.45) is 0 Å². The standard InChI is InChI=1S/C12H16BrFN2O2/c1-18-7-3-6-15-11(17)8-16-12-9(13)4-2-5-10(12)14/h2,4-5,16H,3,6-8H2,1H3,(H,15,17). The number of ether oxygens (including phenoxy) is 1. The molecule has 0 spiro atoms. The molecular formula is C12H16BrFN2O2. The number of nitrogens with one attached hydrogen (secondary N) is 2. The van der Waals surface area contributed by atoms with E-state index in [4.69, 9.17) is 4.74 Å². The highest BCUT2D eigenvalue weighted by atomic mass is 79.9. The van der Waals surface area contributed by atoms with Crippen LogP contribution in [0.25, 0.3) is 0 Å². The Balaban J connectivity index is 2.34. The Morgan fingerprint density at radius 3 is 2.94 bits per heavy atom. The van der Waals surface area contributed by atoms with Gasteiger partial charge < -0.3 is 15.4 Å². The second kappa shape index (κ2) is 8.05. The average Bonchev–Trinajstić information content (AvgIpc) is 2.34. The van der Waals surface area contributed by atoms with Crippen molar-refractivity contribution < 1.29 is 13.9 Å². The predicted molar refractivity (Wildman–Crippen MR) is 72.1 cm³/mol. The molecular weight excluding hydrogens is 303 g/mol. The maximum Gasteiger partial charge on any atom is 0.239 e. The zero-order valence-corrected chi connectivity index (χ0v) is 11.7. The fraction of sp³-hybridized carbons (Fsp3) is 0.417. The Morgan fingerprint density at radius 1 is 1.50 bits per heavy atom. The highest BCUT2D eigenvalue weighted by molar-refractivity contribution is 9.10. The predicted octanol–water partition coefficient (Wildman–Crippen LogP) is 2.15. The third-order valence-electron chi connectivity index (χ3n) is 2.24. The van der Waals surface area contributed by atoms with Gasteiger partial charge in [0.15, 0.2) is 0 Å². The smallest absolute Gasteiger partial charge is 0.239 e. The molecule has 0 aliphatic heterocycles. The third kappa shape index (κ3) is 5.01. The van der Waals surface area contributed by atoms with Crippen molar-refractivity contribution in [2.75, 3.05) is 32.1 Å². The van der Waals surface area contributed by atoms with Gasteiger partial charge in [-0.3, -0.25) is 4.79 Å². The average molecular weight is 319 g/mol. The number of halogens is 2. The van der Waals surface area contributed by atoms with Crippen molar-refractivity contribution in [1.82, 2.24) is 5.32 Å². The van der Waals surface area contributed by atoms with Gasteiger partial charge in [-0.2, -0.15) is 0 Å². The molecule has 0 atom stereocenters. The van der Waals surface area contributed by atoms with Crippen LogP contribution >= 0.6 is 15.9 Å². The van der Waals surface area contributed by atoms with E-state index in [-0.39, 0.29) is 12.5 Å². The molecule has 1 aromatic rings. The van der Waals surface area contributed by atoms with E-state index in [1.54, 1.807) is 19.2 Å². The van der Waals surface area contributed by atoms with Crippen molar-refractivity contribution >= 4 is 27.5 Å². The van der Waals surface area contributed by atoms with Crippen LogP contribution in [0.4, 0.5) is 10.1 Å². The van der Waals surface area contributed by atoms with Crippen LogP contribution in [-0.4, -0.2) is 32.7 Å². The number of hydrogen-bond acceptors (Lipinski definition) is 3. The molecule has 2 N–H and O–H groups in total. The Labute approximate surface area is 114 Å². The summed E-state index contributed by atoms with van der Waals surface area (Å²) in [5.74, 6) is -0.571. The molecule has 1 aromatic carbocycles. The number of amides is 1. The number of benzene rings is 1. The molecule has 4 nitrogen and oxygen atoms in total. The van der Waals surface area contributed by atoms with E-state index < -0.39 is 5.82 Å². The van der Waals surface area contributed by atoms with Gasteiger partial charge in [0.2, 0.25) is 5.91 Å². The molecule has 0 saturated heterocycles. The van der Waals surface area contributed by atoms with Crippen molar-refractivity contribution in [3.8, 4) is 0 Å². The Morgan fingerprint density at radius 2 is 2.28 bits per heavy atom. The van der Waals surface area contributed by atoms with Crippen LogP contribution < -0.4 is 10.6 Å². The van der Waals surface area contributed by atoms with E-state index in [0.29, 0.717) is 23.3 Å². The molecule has 0 aromatic heterocycles. The molecule has 0 saturated carbocycles. The largest absolute Gasteiger partial charge is 0.385 e. The Bertz CT molecular complexity index is 381. The van der Waals surface area contributed by atoms with Gasteiger partial charge in [-0.15, -0.1) is 0 Å². The minimum absolute atomic E-state index is 0.0342. The minimum Gasteiger partial charge on any atom is -0.385 e. The monoisotopic (exact) mass is 318 g/mol. The van der Waals surface area contributed by atoms with Crippen LogP contribution in [0.3, 0.4) is 0 Å². The number of carbonyl (C=O) groups is 1. The molecule has 100 valence electrons. The quantitative estimate of drug-likeness (QED) is 0.757. The lowest BCUT2D eigenvalue weighted by Gasteiger charge is -2.09. The van der Waals surface area contributed by atoms with E-state index in [1.165, 1.54) is 6.07 Å². The summed E-state index contributed by atoms with van der Waals surface area (Å²) >= 11 is 3.22. The van der Waals surface area contributed by atoms with Gasteiger partial charge >= 0.3 is 0 Å². The van der Waals surface area contributed by atoms with E-state index >= 15 is 0 Å². The van der Waals surface area contributed by atoms with Crippen LogP contribution in [0.5, 0.6) is 0 Å². The minimum atomic E-state index is -0.392. The summed E-state index contributed by atoms with van der Waals surface area (Å²) in [4.78, 5) is 11.4. The first-order chi connectivity index (χ1) is 8.65. The third-order valence-corrected chi connectivity index (χ3v) is 2.90. The first-order valence-corrected chi connectivity index (χ1v) is 6.38. The number of hydrogen-bond donors (Lipinski definition) is 2. The van der Waals surface area contributed by atoms with E-state index in [1.807, 2.05) is 0 Å². The van der Waals surface area contributed by atoms with Gasteiger partial charge in [-0.05, 0) is 34.5 Å². The van der Waals surface area contributed by atoms with Crippen molar-refractivity contribution in [1.29, 1.82) is 0 Å². The van der Waals surface area contributed by atoms with E-state index in [2.05, 4.69) is 26.6 Å². The fourth-order valence-electron chi connectivity index (χ4n) is 1.34. The number of carbonyl (C=O) groups excluding carboxylic acids is 1. The second-order valence-corrected chi connectivity index (χ2v) is 4.50. The summed E-state index contributed by atoms with van der Waals surface area (Å²) in [7, 11) is 1.61. The molecule has 6 heteroatoms.